The molecule has 0 aliphatic heterocycles. The van der Waals surface area contributed by atoms with Crippen LogP contribution in [0.2, 0.25) is 0 Å². The van der Waals surface area contributed by atoms with Crippen LogP contribution in [0.4, 0.5) is 0 Å². The van der Waals surface area contributed by atoms with Crippen LogP contribution in [0.1, 0.15) is 11.4 Å². The number of para-hydroxylation sites is 2. The lowest BCUT2D eigenvalue weighted by molar-refractivity contribution is -0.139. The number of H-pyrrole nitrogens is 1. The van der Waals surface area contributed by atoms with Crippen molar-refractivity contribution in [3.05, 3.63) is 51.4 Å². The van der Waals surface area contributed by atoms with Crippen LogP contribution in [-0.4, -0.2) is 34.8 Å². The number of halogens is 1. The molecule has 0 atom stereocenters. The molecular formula is C19H14IN3O4. The van der Waals surface area contributed by atoms with Gasteiger partial charge in [-0.3, -0.25) is 0 Å². The summed E-state index contributed by atoms with van der Waals surface area (Å²) in [6, 6.07) is 13.1. The van der Waals surface area contributed by atoms with Gasteiger partial charge in [0.1, 0.15) is 11.9 Å². The predicted molar refractivity (Wildman–Crippen MR) is 108 cm³/mol. The Morgan fingerprint density at radius 2 is 2.19 bits per heavy atom. The molecule has 8 heteroatoms. The highest BCUT2D eigenvalue weighted by molar-refractivity contribution is 14.1. The summed E-state index contributed by atoms with van der Waals surface area (Å²) in [5.41, 5.74) is 2.69. The van der Waals surface area contributed by atoms with Crippen molar-refractivity contribution in [1.82, 2.24) is 9.97 Å². The second-order valence-corrected chi connectivity index (χ2v) is 6.65. The average Bonchev–Trinajstić information content (AvgIpc) is 3.08. The molecule has 0 bridgehead atoms. The van der Waals surface area contributed by atoms with E-state index in [1.807, 2.05) is 46.9 Å². The predicted octanol–water partition coefficient (Wildman–Crippen LogP) is 3.70. The molecule has 1 aromatic heterocycles. The van der Waals surface area contributed by atoms with Crippen LogP contribution in [-0.2, 0) is 4.79 Å². The van der Waals surface area contributed by atoms with Gasteiger partial charge in [-0.05, 0) is 58.5 Å². The van der Waals surface area contributed by atoms with Crippen molar-refractivity contribution in [1.29, 1.82) is 5.26 Å². The van der Waals surface area contributed by atoms with Crippen molar-refractivity contribution in [3.8, 4) is 17.6 Å². The third-order valence-corrected chi connectivity index (χ3v) is 4.47. The van der Waals surface area contributed by atoms with Crippen LogP contribution in [0.15, 0.2) is 36.4 Å². The Morgan fingerprint density at radius 3 is 2.85 bits per heavy atom. The normalized spacial score (nSPS) is 11.2. The van der Waals surface area contributed by atoms with Gasteiger partial charge in [-0.1, -0.05) is 12.1 Å². The number of aromatic nitrogens is 2. The number of ether oxygens (including phenoxy) is 2. The van der Waals surface area contributed by atoms with E-state index in [-0.39, 0.29) is 0 Å². The number of benzene rings is 2. The molecule has 0 aliphatic carbocycles. The van der Waals surface area contributed by atoms with E-state index in [4.69, 9.17) is 14.6 Å². The highest BCUT2D eigenvalue weighted by Gasteiger charge is 2.14. The minimum Gasteiger partial charge on any atom is -0.493 e. The van der Waals surface area contributed by atoms with Gasteiger partial charge in [0.15, 0.2) is 18.1 Å². The van der Waals surface area contributed by atoms with Gasteiger partial charge in [0.25, 0.3) is 0 Å². The van der Waals surface area contributed by atoms with Crippen LogP contribution < -0.4 is 9.47 Å². The molecule has 0 saturated carbocycles. The number of hydrogen-bond donors (Lipinski definition) is 2. The van der Waals surface area contributed by atoms with E-state index >= 15 is 0 Å². The molecule has 1 heterocycles. The number of imidazole rings is 1. The maximum Gasteiger partial charge on any atom is 0.341 e. The first kappa shape index (κ1) is 18.7. The lowest BCUT2D eigenvalue weighted by atomic mass is 10.1. The topological polar surface area (TPSA) is 108 Å². The summed E-state index contributed by atoms with van der Waals surface area (Å²) in [6.45, 7) is -0.468. The molecule has 2 aromatic carbocycles. The lowest BCUT2D eigenvalue weighted by Crippen LogP contribution is -2.11. The van der Waals surface area contributed by atoms with Gasteiger partial charge in [-0.15, -0.1) is 0 Å². The zero-order valence-electron chi connectivity index (χ0n) is 14.2. The van der Waals surface area contributed by atoms with Crippen LogP contribution in [0.3, 0.4) is 0 Å². The van der Waals surface area contributed by atoms with E-state index in [1.165, 1.54) is 7.11 Å². The van der Waals surface area contributed by atoms with Crippen molar-refractivity contribution in [2.45, 2.75) is 0 Å². The summed E-state index contributed by atoms with van der Waals surface area (Å²) < 4.78 is 11.3. The fourth-order valence-electron chi connectivity index (χ4n) is 2.50. The summed E-state index contributed by atoms with van der Waals surface area (Å²) in [4.78, 5) is 18.3. The van der Waals surface area contributed by atoms with E-state index in [0.717, 1.165) is 11.0 Å². The highest BCUT2D eigenvalue weighted by atomic mass is 127. The number of allylic oxidation sites excluding steroid dienone is 1. The molecule has 0 unspecified atom stereocenters. The Bertz CT molecular complexity index is 1050. The Balaban J connectivity index is 2.00. The van der Waals surface area contributed by atoms with Crippen molar-refractivity contribution in [3.63, 3.8) is 0 Å². The molecule has 27 heavy (non-hydrogen) atoms. The molecule has 0 fully saturated rings. The third kappa shape index (κ3) is 4.20. The zero-order valence-corrected chi connectivity index (χ0v) is 16.4. The average molecular weight is 475 g/mol. The molecular weight excluding hydrogens is 461 g/mol. The smallest absolute Gasteiger partial charge is 0.341 e. The summed E-state index contributed by atoms with van der Waals surface area (Å²) in [6.07, 6.45) is 1.68. The lowest BCUT2D eigenvalue weighted by Gasteiger charge is -2.12. The number of nitrogens with one attached hydrogen (secondary N) is 1. The first-order chi connectivity index (χ1) is 13.0. The van der Waals surface area contributed by atoms with Crippen molar-refractivity contribution in [2.75, 3.05) is 13.7 Å². The third-order valence-electron chi connectivity index (χ3n) is 3.67. The number of hydrogen-bond acceptors (Lipinski definition) is 5. The Hall–Kier alpha value is -3.06. The standard InChI is InChI=1S/C19H14IN3O4/c1-26-16-8-11(7-13(20)18(16)27-10-17(24)25)6-12(9-21)19-22-14-4-2-3-5-15(14)23-19/h2-8H,10H2,1H3,(H,22,23)(H,24,25)/b12-6-. The Labute approximate surface area is 168 Å². The van der Waals surface area contributed by atoms with Crippen LogP contribution >= 0.6 is 22.6 Å². The maximum atomic E-state index is 10.7. The second kappa shape index (κ2) is 8.09. The summed E-state index contributed by atoms with van der Waals surface area (Å²) in [7, 11) is 1.47. The van der Waals surface area contributed by atoms with Gasteiger partial charge < -0.3 is 19.6 Å². The SMILES string of the molecule is COc1cc(/C=C(/C#N)c2nc3ccccc3[nH]2)cc(I)c1OCC(=O)O. The van der Waals surface area contributed by atoms with Crippen LogP contribution in [0.5, 0.6) is 11.5 Å². The number of aromatic amines is 1. The first-order valence-electron chi connectivity index (χ1n) is 7.81. The van der Waals surface area contributed by atoms with Crippen LogP contribution in [0, 0.1) is 14.9 Å². The van der Waals surface area contributed by atoms with Gasteiger partial charge >= 0.3 is 5.97 Å². The molecule has 0 saturated heterocycles. The summed E-state index contributed by atoms with van der Waals surface area (Å²) in [5.74, 6) is 0.128. The minimum absolute atomic E-state index is 0.347. The van der Waals surface area contributed by atoms with Crippen molar-refractivity contribution in [2.24, 2.45) is 0 Å². The first-order valence-corrected chi connectivity index (χ1v) is 8.88. The largest absolute Gasteiger partial charge is 0.493 e. The number of aliphatic carboxylic acids is 1. The fourth-order valence-corrected chi connectivity index (χ4v) is 3.28. The molecule has 3 aromatic rings. The molecule has 7 nitrogen and oxygen atoms in total. The molecule has 0 radical (unpaired) electrons. The number of nitrogens with zero attached hydrogens (tertiary/aromatic N) is 2. The van der Waals surface area contributed by atoms with E-state index in [9.17, 15) is 10.1 Å². The van der Waals surface area contributed by atoms with Gasteiger partial charge in [0.05, 0.1) is 27.3 Å². The van der Waals surface area contributed by atoms with E-state index in [1.54, 1.807) is 18.2 Å². The highest BCUT2D eigenvalue weighted by Crippen LogP contribution is 2.35. The number of rotatable bonds is 6. The summed E-state index contributed by atoms with van der Waals surface area (Å²) in [5, 5.41) is 18.4. The summed E-state index contributed by atoms with van der Waals surface area (Å²) >= 11 is 2.03. The monoisotopic (exact) mass is 475 g/mol. The van der Waals surface area contributed by atoms with E-state index < -0.39 is 12.6 Å². The van der Waals surface area contributed by atoms with E-state index in [2.05, 4.69) is 16.0 Å². The van der Waals surface area contributed by atoms with E-state index in [0.29, 0.717) is 32.0 Å². The number of carboxylic acid groups (broad SMARTS) is 1. The number of carbonyl (C=O) groups is 1. The quantitative estimate of drug-likeness (QED) is 0.416. The second-order valence-electron chi connectivity index (χ2n) is 5.49. The Morgan fingerprint density at radius 1 is 1.41 bits per heavy atom. The fraction of sp³-hybridized carbons (Fsp3) is 0.105. The number of fused-ring (bicyclic) bond motifs is 1. The van der Waals surface area contributed by atoms with Crippen molar-refractivity contribution >= 4 is 51.2 Å². The molecule has 0 spiro atoms. The van der Waals surface area contributed by atoms with Crippen LogP contribution in [0.25, 0.3) is 22.7 Å². The zero-order chi connectivity index (χ0) is 19.4. The van der Waals surface area contributed by atoms with Gasteiger partial charge in [-0.2, -0.15) is 5.26 Å². The Kier molecular flexibility index (Phi) is 5.61. The molecule has 136 valence electrons. The van der Waals surface area contributed by atoms with Gasteiger partial charge in [0, 0.05) is 0 Å². The van der Waals surface area contributed by atoms with Gasteiger partial charge in [-0.25, -0.2) is 9.78 Å². The number of nitriles is 1. The maximum absolute atomic E-state index is 10.7. The van der Waals surface area contributed by atoms with Crippen molar-refractivity contribution < 1.29 is 19.4 Å². The molecule has 0 aliphatic rings. The minimum atomic E-state index is -1.08. The molecule has 0 amide bonds. The molecule has 2 N–H and O–H groups in total. The molecule has 3 rings (SSSR count). The number of carboxylic acids is 1. The van der Waals surface area contributed by atoms with Gasteiger partial charge in [0.2, 0.25) is 0 Å². The number of methoxy groups -OCH3 is 1.